The molecule has 1 atom stereocenters. The molecule has 0 fully saturated rings. The highest BCUT2D eigenvalue weighted by atomic mass is 16.6. The van der Waals surface area contributed by atoms with Crippen LogP contribution in [0.25, 0.3) is 43.6 Å². The van der Waals surface area contributed by atoms with E-state index < -0.39 is 33.4 Å². The summed E-state index contributed by atoms with van der Waals surface area (Å²) in [5, 5.41) is 30.9. The number of nitrogens with zero attached hydrogens (tertiary/aromatic N) is 4. The number of amides is 2. The molecule has 0 aliphatic heterocycles. The van der Waals surface area contributed by atoms with Crippen LogP contribution in [-0.4, -0.2) is 44.0 Å². The van der Waals surface area contributed by atoms with Gasteiger partial charge < -0.3 is 11.1 Å². The molecule has 8 rings (SSSR count). The van der Waals surface area contributed by atoms with Crippen LogP contribution in [-0.2, 0) is 17.6 Å². The maximum Gasteiger partial charge on any atom is 0.273 e. The van der Waals surface area contributed by atoms with Crippen molar-refractivity contribution >= 4 is 72.6 Å². The molecule has 0 saturated carbocycles. The molecule has 13 nitrogen and oxygen atoms in total. The van der Waals surface area contributed by atoms with Crippen LogP contribution in [0.3, 0.4) is 0 Å². The normalized spacial score (nSPS) is 11.8. The molecule has 0 aliphatic carbocycles. The molecule has 0 saturated heterocycles. The van der Waals surface area contributed by atoms with Gasteiger partial charge >= 0.3 is 0 Å². The van der Waals surface area contributed by atoms with Crippen molar-refractivity contribution in [2.75, 3.05) is 6.54 Å². The molecule has 0 aliphatic rings. The fourth-order valence-corrected chi connectivity index (χ4v) is 8.04. The summed E-state index contributed by atoms with van der Waals surface area (Å²) in [6.07, 6.45) is 0.600. The van der Waals surface area contributed by atoms with Gasteiger partial charge in [-0.1, -0.05) is 91.0 Å². The number of hydrogen-bond acceptors (Lipinski definition) is 9. The summed E-state index contributed by atoms with van der Waals surface area (Å²) in [5.74, 6) is -2.65. The average Bonchev–Trinajstić information content (AvgIpc) is 3.27. The predicted molar refractivity (Wildman–Crippen MR) is 234 cm³/mol. The standard InChI is InChI=1S/C48H38N6O7/c49-47(56)32(28-46(55)31-21-19-29(44(26-31)53(58)59)24-38-34-11-1-5-15-40(34)51-41-16-6-2-12-35(38)41)10-9-23-50-48(57)33-22-20-30(45(27-33)54(60)61)25-39-36-13-3-7-17-42(36)52-43-18-8-4-14-37(39)43/h1-8,11-22,26-27,32H,9-10,23-25,28H2,(H2,49,56)(H,50,57). The number of ketones is 1. The first-order chi connectivity index (χ1) is 29.5. The Morgan fingerprint density at radius 1 is 0.590 bits per heavy atom. The number of nitrogens with one attached hydrogen (secondary N) is 1. The SMILES string of the molecule is NC(=O)C(CCCNC(=O)c1ccc(Cc2c3ccccc3nc3ccccc23)c([N+](=O)[O-])c1)CC(=O)c1ccc(Cc2c3ccccc3nc3ccccc23)c([N+](=O)[O-])c1. The number of carbonyl (C=O) groups excluding carboxylic acids is 3. The zero-order valence-corrected chi connectivity index (χ0v) is 32.7. The van der Waals surface area contributed by atoms with Gasteiger partial charge in [-0.05, 0) is 54.3 Å². The van der Waals surface area contributed by atoms with E-state index in [0.717, 1.165) is 54.7 Å². The quantitative estimate of drug-likeness (QED) is 0.0333. The highest BCUT2D eigenvalue weighted by Crippen LogP contribution is 2.33. The second-order valence-electron chi connectivity index (χ2n) is 14.9. The minimum absolute atomic E-state index is 0.0785. The maximum atomic E-state index is 13.5. The van der Waals surface area contributed by atoms with E-state index in [-0.39, 0.29) is 61.2 Å². The third-order valence-corrected chi connectivity index (χ3v) is 11.1. The van der Waals surface area contributed by atoms with Crippen LogP contribution in [0.1, 0.15) is 62.2 Å². The highest BCUT2D eigenvalue weighted by molar-refractivity contribution is 6.01. The van der Waals surface area contributed by atoms with Crippen LogP contribution in [0.15, 0.2) is 133 Å². The van der Waals surface area contributed by atoms with E-state index in [1.807, 2.05) is 97.1 Å². The molecule has 0 bridgehead atoms. The van der Waals surface area contributed by atoms with Gasteiger partial charge in [-0.15, -0.1) is 0 Å². The molecule has 2 amide bonds. The summed E-state index contributed by atoms with van der Waals surface area (Å²) >= 11 is 0. The van der Waals surface area contributed by atoms with Crippen molar-refractivity contribution in [3.63, 3.8) is 0 Å². The second kappa shape index (κ2) is 17.1. The lowest BCUT2D eigenvalue weighted by Gasteiger charge is -2.14. The lowest BCUT2D eigenvalue weighted by Crippen LogP contribution is -2.28. The van der Waals surface area contributed by atoms with Crippen molar-refractivity contribution in [1.29, 1.82) is 0 Å². The first kappa shape index (κ1) is 39.9. The molecule has 3 N–H and O–H groups in total. The summed E-state index contributed by atoms with van der Waals surface area (Å²) in [6.45, 7) is 0.0971. The number of Topliss-reactive ketones (excluding diaryl/α,β-unsaturated/α-hetero) is 1. The zero-order valence-electron chi connectivity index (χ0n) is 32.7. The molecule has 8 aromatic rings. The smallest absolute Gasteiger partial charge is 0.273 e. The molecule has 2 heterocycles. The van der Waals surface area contributed by atoms with Gasteiger partial charge in [0, 0.05) is 87.7 Å². The molecular weight excluding hydrogens is 773 g/mol. The number of aromatic nitrogens is 2. The van der Waals surface area contributed by atoms with Gasteiger partial charge in [0.1, 0.15) is 0 Å². The number of benzene rings is 6. The summed E-state index contributed by atoms with van der Waals surface area (Å²) < 4.78 is 0. The van der Waals surface area contributed by atoms with Gasteiger partial charge in [0.25, 0.3) is 17.3 Å². The second-order valence-corrected chi connectivity index (χ2v) is 14.9. The fourth-order valence-electron chi connectivity index (χ4n) is 8.04. The minimum Gasteiger partial charge on any atom is -0.369 e. The Bertz CT molecular complexity index is 2970. The van der Waals surface area contributed by atoms with Gasteiger partial charge in [0.2, 0.25) is 5.91 Å². The van der Waals surface area contributed by atoms with Gasteiger partial charge in [-0.3, -0.25) is 34.6 Å². The number of hydrogen-bond donors (Lipinski definition) is 2. The van der Waals surface area contributed by atoms with Crippen LogP contribution in [0.2, 0.25) is 0 Å². The number of para-hydroxylation sites is 4. The Morgan fingerprint density at radius 2 is 1.00 bits per heavy atom. The number of primary amides is 1. The number of fused-ring (bicyclic) bond motifs is 4. The van der Waals surface area contributed by atoms with Crippen LogP contribution in [0, 0.1) is 26.1 Å². The van der Waals surface area contributed by atoms with Gasteiger partial charge in [0.15, 0.2) is 5.78 Å². The van der Waals surface area contributed by atoms with Crippen molar-refractivity contribution in [1.82, 2.24) is 15.3 Å². The van der Waals surface area contributed by atoms with Crippen molar-refractivity contribution in [2.45, 2.75) is 32.1 Å². The molecule has 61 heavy (non-hydrogen) atoms. The third-order valence-electron chi connectivity index (χ3n) is 11.1. The Labute approximate surface area is 348 Å². The van der Waals surface area contributed by atoms with Crippen LogP contribution in [0.5, 0.6) is 0 Å². The third kappa shape index (κ3) is 8.35. The summed E-state index contributed by atoms with van der Waals surface area (Å²) in [7, 11) is 0. The van der Waals surface area contributed by atoms with Crippen LogP contribution < -0.4 is 11.1 Å². The first-order valence-corrected chi connectivity index (χ1v) is 19.7. The number of nitro groups is 2. The molecule has 302 valence electrons. The average molecular weight is 811 g/mol. The maximum absolute atomic E-state index is 13.5. The van der Waals surface area contributed by atoms with Gasteiger partial charge in [-0.2, -0.15) is 0 Å². The van der Waals surface area contributed by atoms with Crippen LogP contribution >= 0.6 is 0 Å². The lowest BCUT2D eigenvalue weighted by atomic mass is 9.91. The predicted octanol–water partition coefficient (Wildman–Crippen LogP) is 8.97. The fraction of sp³-hybridized carbons (Fsp3) is 0.146. The molecule has 1 unspecified atom stereocenters. The van der Waals surface area contributed by atoms with Crippen molar-refractivity contribution in [3.05, 3.63) is 187 Å². The summed E-state index contributed by atoms with van der Waals surface area (Å²) in [6, 6.07) is 39.2. The van der Waals surface area contributed by atoms with E-state index in [1.54, 1.807) is 18.2 Å². The molecular formula is C48H38N6O7. The number of rotatable bonds is 15. The zero-order chi connectivity index (χ0) is 42.6. The van der Waals surface area contributed by atoms with Gasteiger partial charge in [0.05, 0.1) is 31.9 Å². The Morgan fingerprint density at radius 3 is 1.43 bits per heavy atom. The van der Waals surface area contributed by atoms with E-state index >= 15 is 0 Å². The first-order valence-electron chi connectivity index (χ1n) is 19.7. The summed E-state index contributed by atoms with van der Waals surface area (Å²) in [4.78, 5) is 72.2. The number of pyridine rings is 2. The van der Waals surface area contributed by atoms with E-state index in [4.69, 9.17) is 15.7 Å². The van der Waals surface area contributed by atoms with Crippen molar-refractivity contribution in [3.8, 4) is 0 Å². The number of nitrogens with two attached hydrogens (primary N) is 1. The molecule has 2 aromatic heterocycles. The highest BCUT2D eigenvalue weighted by Gasteiger charge is 2.25. The minimum atomic E-state index is -0.904. The van der Waals surface area contributed by atoms with E-state index in [0.29, 0.717) is 11.1 Å². The Balaban J connectivity index is 0.923. The van der Waals surface area contributed by atoms with Gasteiger partial charge in [-0.25, -0.2) is 9.97 Å². The van der Waals surface area contributed by atoms with Crippen molar-refractivity contribution < 1.29 is 24.2 Å². The van der Waals surface area contributed by atoms with E-state index in [2.05, 4.69) is 5.32 Å². The lowest BCUT2D eigenvalue weighted by molar-refractivity contribution is -0.385. The van der Waals surface area contributed by atoms with Crippen LogP contribution in [0.4, 0.5) is 11.4 Å². The monoisotopic (exact) mass is 810 g/mol. The number of carbonyl (C=O) groups is 3. The number of nitro benzene ring substituents is 2. The van der Waals surface area contributed by atoms with E-state index in [1.165, 1.54) is 18.2 Å². The summed E-state index contributed by atoms with van der Waals surface area (Å²) in [5.41, 5.74) is 11.2. The molecule has 0 spiro atoms. The topological polar surface area (TPSA) is 201 Å². The van der Waals surface area contributed by atoms with Crippen molar-refractivity contribution in [2.24, 2.45) is 11.7 Å². The molecule has 6 aromatic carbocycles. The largest absolute Gasteiger partial charge is 0.369 e. The molecule has 13 heteroatoms. The Kier molecular flexibility index (Phi) is 11.2. The Hall–Kier alpha value is -7.93. The van der Waals surface area contributed by atoms with E-state index in [9.17, 15) is 34.6 Å². The molecule has 0 radical (unpaired) electrons.